The lowest BCUT2D eigenvalue weighted by molar-refractivity contribution is -0.129. The van der Waals surface area contributed by atoms with Gasteiger partial charge >= 0.3 is 0 Å². The van der Waals surface area contributed by atoms with Crippen LogP contribution in [0, 0.1) is 0 Å². The Morgan fingerprint density at radius 1 is 1.17 bits per heavy atom. The van der Waals surface area contributed by atoms with E-state index in [1.165, 1.54) is 0 Å². The van der Waals surface area contributed by atoms with E-state index in [-0.39, 0.29) is 24.7 Å². The number of hydrogen-bond donors (Lipinski definition) is 2. The van der Waals surface area contributed by atoms with E-state index in [4.69, 9.17) is 15.2 Å². The van der Waals surface area contributed by atoms with Crippen LogP contribution in [-0.4, -0.2) is 43.9 Å². The summed E-state index contributed by atoms with van der Waals surface area (Å²) >= 11 is 0. The standard InChI is InChI=1S/C13H24N2O3/c14-10-1-3-12(4-2-10)18-9-13(16)15-11-5-7-17-8-6-11/h10-12H,1-9,14H2,(H,15,16). The van der Waals surface area contributed by atoms with E-state index in [1.807, 2.05) is 0 Å². The Morgan fingerprint density at radius 2 is 1.83 bits per heavy atom. The molecule has 1 aliphatic carbocycles. The Kier molecular flexibility index (Phi) is 5.41. The van der Waals surface area contributed by atoms with Gasteiger partial charge in [0, 0.05) is 25.3 Å². The van der Waals surface area contributed by atoms with Gasteiger partial charge in [0.1, 0.15) is 6.61 Å². The quantitative estimate of drug-likeness (QED) is 0.771. The maximum atomic E-state index is 11.7. The van der Waals surface area contributed by atoms with Crippen LogP contribution in [0.25, 0.3) is 0 Å². The number of nitrogens with two attached hydrogens (primary N) is 1. The summed E-state index contributed by atoms with van der Waals surface area (Å²) in [4.78, 5) is 11.7. The fraction of sp³-hybridized carbons (Fsp3) is 0.923. The topological polar surface area (TPSA) is 73.6 Å². The molecule has 1 saturated carbocycles. The van der Waals surface area contributed by atoms with Crippen molar-refractivity contribution >= 4 is 5.91 Å². The van der Waals surface area contributed by atoms with Gasteiger partial charge < -0.3 is 20.5 Å². The van der Waals surface area contributed by atoms with E-state index < -0.39 is 0 Å². The monoisotopic (exact) mass is 256 g/mol. The van der Waals surface area contributed by atoms with Gasteiger partial charge in [0.05, 0.1) is 6.10 Å². The number of rotatable bonds is 4. The first-order chi connectivity index (χ1) is 8.74. The molecule has 0 bridgehead atoms. The van der Waals surface area contributed by atoms with E-state index in [0.717, 1.165) is 51.7 Å². The summed E-state index contributed by atoms with van der Waals surface area (Å²) in [7, 11) is 0. The van der Waals surface area contributed by atoms with Crippen molar-refractivity contribution in [3.05, 3.63) is 0 Å². The molecule has 2 fully saturated rings. The van der Waals surface area contributed by atoms with Gasteiger partial charge in [-0.2, -0.15) is 0 Å². The summed E-state index contributed by atoms with van der Waals surface area (Å²) in [5, 5.41) is 3.00. The zero-order valence-corrected chi connectivity index (χ0v) is 10.9. The third-order valence-corrected chi connectivity index (χ3v) is 3.76. The van der Waals surface area contributed by atoms with E-state index in [0.29, 0.717) is 6.04 Å². The number of hydrogen-bond acceptors (Lipinski definition) is 4. The molecule has 0 aromatic rings. The van der Waals surface area contributed by atoms with Crippen molar-refractivity contribution in [2.45, 2.75) is 56.7 Å². The van der Waals surface area contributed by atoms with Gasteiger partial charge in [0.2, 0.25) is 5.91 Å². The maximum Gasteiger partial charge on any atom is 0.246 e. The minimum atomic E-state index is -0.00299. The predicted octanol–water partition coefficient (Wildman–Crippen LogP) is 0.568. The molecule has 2 aliphatic rings. The molecule has 3 N–H and O–H groups in total. The van der Waals surface area contributed by atoms with Crippen LogP contribution in [0.1, 0.15) is 38.5 Å². The van der Waals surface area contributed by atoms with Gasteiger partial charge in [-0.15, -0.1) is 0 Å². The van der Waals surface area contributed by atoms with E-state index in [1.54, 1.807) is 0 Å². The van der Waals surface area contributed by atoms with Crippen LogP contribution in [0.3, 0.4) is 0 Å². The molecule has 0 unspecified atom stereocenters. The molecule has 1 aliphatic heterocycles. The number of ether oxygens (including phenoxy) is 2. The van der Waals surface area contributed by atoms with Crippen LogP contribution in [0.15, 0.2) is 0 Å². The first-order valence-corrected chi connectivity index (χ1v) is 6.98. The minimum absolute atomic E-state index is 0.00299. The Balaban J connectivity index is 1.59. The lowest BCUT2D eigenvalue weighted by atomic mass is 9.94. The summed E-state index contributed by atoms with van der Waals surface area (Å²) in [5.41, 5.74) is 5.83. The van der Waals surface area contributed by atoms with Crippen LogP contribution in [-0.2, 0) is 14.3 Å². The molecular weight excluding hydrogens is 232 g/mol. The van der Waals surface area contributed by atoms with Crippen molar-refractivity contribution in [2.24, 2.45) is 5.73 Å². The van der Waals surface area contributed by atoms with Crippen LogP contribution in [0.2, 0.25) is 0 Å². The van der Waals surface area contributed by atoms with Crippen molar-refractivity contribution in [1.82, 2.24) is 5.32 Å². The molecule has 0 spiro atoms. The van der Waals surface area contributed by atoms with Crippen LogP contribution >= 0.6 is 0 Å². The van der Waals surface area contributed by atoms with Crippen molar-refractivity contribution in [3.63, 3.8) is 0 Å². The number of amides is 1. The maximum absolute atomic E-state index is 11.7. The largest absolute Gasteiger partial charge is 0.381 e. The second kappa shape index (κ2) is 7.07. The normalized spacial score (nSPS) is 30.1. The first-order valence-electron chi connectivity index (χ1n) is 6.98. The average Bonchev–Trinajstić information content (AvgIpc) is 2.39. The molecule has 1 saturated heterocycles. The molecule has 1 heterocycles. The average molecular weight is 256 g/mol. The molecule has 0 aromatic heterocycles. The van der Waals surface area contributed by atoms with E-state index >= 15 is 0 Å². The van der Waals surface area contributed by atoms with Gasteiger partial charge in [0.15, 0.2) is 0 Å². The molecule has 0 atom stereocenters. The van der Waals surface area contributed by atoms with Crippen LogP contribution in [0.5, 0.6) is 0 Å². The summed E-state index contributed by atoms with van der Waals surface area (Å²) in [5.74, 6) is -0.00299. The summed E-state index contributed by atoms with van der Waals surface area (Å²) in [6.45, 7) is 1.66. The zero-order chi connectivity index (χ0) is 12.8. The third-order valence-electron chi connectivity index (χ3n) is 3.76. The SMILES string of the molecule is NC1CCC(OCC(=O)NC2CCOCC2)CC1. The fourth-order valence-electron chi connectivity index (χ4n) is 2.56. The number of carbonyl (C=O) groups is 1. The van der Waals surface area contributed by atoms with Gasteiger partial charge in [-0.3, -0.25) is 4.79 Å². The highest BCUT2D eigenvalue weighted by atomic mass is 16.5. The molecule has 0 aromatic carbocycles. The summed E-state index contributed by atoms with van der Waals surface area (Å²) in [6, 6.07) is 0.579. The van der Waals surface area contributed by atoms with Gasteiger partial charge in [0.25, 0.3) is 0 Å². The Morgan fingerprint density at radius 3 is 2.50 bits per heavy atom. The van der Waals surface area contributed by atoms with Gasteiger partial charge in [-0.25, -0.2) is 0 Å². The second-order valence-corrected chi connectivity index (χ2v) is 5.30. The Labute approximate surface area is 108 Å². The van der Waals surface area contributed by atoms with Gasteiger partial charge in [-0.05, 0) is 38.5 Å². The molecule has 0 radical (unpaired) electrons. The van der Waals surface area contributed by atoms with Crippen molar-refractivity contribution < 1.29 is 14.3 Å². The fourth-order valence-corrected chi connectivity index (χ4v) is 2.56. The smallest absolute Gasteiger partial charge is 0.246 e. The van der Waals surface area contributed by atoms with Crippen molar-refractivity contribution in [2.75, 3.05) is 19.8 Å². The van der Waals surface area contributed by atoms with Gasteiger partial charge in [-0.1, -0.05) is 0 Å². The van der Waals surface area contributed by atoms with Crippen molar-refractivity contribution in [1.29, 1.82) is 0 Å². The minimum Gasteiger partial charge on any atom is -0.381 e. The summed E-state index contributed by atoms with van der Waals surface area (Å²) < 4.78 is 10.9. The third kappa shape index (κ3) is 4.55. The Hall–Kier alpha value is -0.650. The number of carbonyl (C=O) groups excluding carboxylic acids is 1. The molecule has 5 nitrogen and oxygen atoms in total. The highest BCUT2D eigenvalue weighted by Crippen LogP contribution is 2.19. The Bertz CT molecular complexity index is 259. The zero-order valence-electron chi connectivity index (χ0n) is 10.9. The molecular formula is C13H24N2O3. The van der Waals surface area contributed by atoms with E-state index in [9.17, 15) is 4.79 Å². The lowest BCUT2D eigenvalue weighted by Crippen LogP contribution is -2.41. The number of nitrogens with one attached hydrogen (secondary N) is 1. The highest BCUT2D eigenvalue weighted by Gasteiger charge is 2.21. The van der Waals surface area contributed by atoms with Crippen molar-refractivity contribution in [3.8, 4) is 0 Å². The molecule has 2 rings (SSSR count). The lowest BCUT2D eigenvalue weighted by Gasteiger charge is -2.27. The summed E-state index contributed by atoms with van der Waals surface area (Å²) in [6.07, 6.45) is 5.99. The molecule has 18 heavy (non-hydrogen) atoms. The highest BCUT2D eigenvalue weighted by molar-refractivity contribution is 5.77. The second-order valence-electron chi connectivity index (χ2n) is 5.30. The molecule has 5 heteroatoms. The van der Waals surface area contributed by atoms with E-state index in [2.05, 4.69) is 5.32 Å². The molecule has 104 valence electrons. The molecule has 1 amide bonds. The first kappa shape index (κ1) is 13.8. The van der Waals surface area contributed by atoms with Crippen LogP contribution < -0.4 is 11.1 Å². The van der Waals surface area contributed by atoms with Crippen LogP contribution in [0.4, 0.5) is 0 Å². The predicted molar refractivity (Wildman–Crippen MR) is 68.2 cm³/mol.